The van der Waals surface area contributed by atoms with Gasteiger partial charge in [-0.05, 0) is 42.5 Å². The van der Waals surface area contributed by atoms with E-state index in [9.17, 15) is 9.59 Å². The summed E-state index contributed by atoms with van der Waals surface area (Å²) in [5, 5.41) is 16.6. The summed E-state index contributed by atoms with van der Waals surface area (Å²) in [6.07, 6.45) is 0. The molecule has 0 bridgehead atoms. The van der Waals surface area contributed by atoms with Crippen molar-refractivity contribution in [1.29, 1.82) is 0 Å². The Bertz CT molecular complexity index is 988. The van der Waals surface area contributed by atoms with Crippen LogP contribution in [0.5, 0.6) is 5.75 Å². The lowest BCUT2D eigenvalue weighted by Gasteiger charge is -2.10. The zero-order valence-electron chi connectivity index (χ0n) is 16.1. The SMILES string of the molecule is COc1ccccc1CNc1ccc(C(=O)Nc2ccc(NC(C)=O)cc2)nn1. The molecule has 8 nitrogen and oxygen atoms in total. The summed E-state index contributed by atoms with van der Waals surface area (Å²) in [5.41, 5.74) is 2.42. The summed E-state index contributed by atoms with van der Waals surface area (Å²) in [5.74, 6) is 0.804. The van der Waals surface area contributed by atoms with Crippen molar-refractivity contribution in [3.63, 3.8) is 0 Å². The number of ether oxygens (including phenoxy) is 1. The van der Waals surface area contributed by atoms with Gasteiger partial charge in [0, 0.05) is 30.4 Å². The van der Waals surface area contributed by atoms with Gasteiger partial charge in [-0.15, -0.1) is 10.2 Å². The number of carbonyl (C=O) groups is 2. The average molecular weight is 391 g/mol. The van der Waals surface area contributed by atoms with Gasteiger partial charge in [-0.2, -0.15) is 0 Å². The van der Waals surface area contributed by atoms with Crippen molar-refractivity contribution in [2.24, 2.45) is 0 Å². The highest BCUT2D eigenvalue weighted by Gasteiger charge is 2.09. The third-order valence-electron chi connectivity index (χ3n) is 4.01. The normalized spacial score (nSPS) is 10.1. The van der Waals surface area contributed by atoms with Crippen LogP contribution in [0.4, 0.5) is 17.2 Å². The molecular weight excluding hydrogens is 370 g/mol. The second-order valence-electron chi connectivity index (χ2n) is 6.18. The van der Waals surface area contributed by atoms with E-state index in [1.54, 1.807) is 43.5 Å². The molecule has 0 aliphatic heterocycles. The Balaban J connectivity index is 1.57. The highest BCUT2D eigenvalue weighted by molar-refractivity contribution is 6.03. The molecule has 1 heterocycles. The molecule has 0 spiro atoms. The summed E-state index contributed by atoms with van der Waals surface area (Å²) in [6.45, 7) is 1.95. The number of nitrogens with zero attached hydrogens (tertiary/aromatic N) is 2. The molecule has 3 N–H and O–H groups in total. The second kappa shape index (κ2) is 9.32. The van der Waals surface area contributed by atoms with Crippen molar-refractivity contribution in [2.75, 3.05) is 23.1 Å². The van der Waals surface area contributed by atoms with Crippen molar-refractivity contribution >= 4 is 29.0 Å². The van der Waals surface area contributed by atoms with Crippen LogP contribution in [0.15, 0.2) is 60.7 Å². The van der Waals surface area contributed by atoms with Crippen molar-refractivity contribution in [1.82, 2.24) is 10.2 Å². The third kappa shape index (κ3) is 5.52. The van der Waals surface area contributed by atoms with Gasteiger partial charge in [-0.1, -0.05) is 18.2 Å². The first-order chi connectivity index (χ1) is 14.0. The fourth-order valence-electron chi connectivity index (χ4n) is 2.62. The molecule has 0 saturated carbocycles. The van der Waals surface area contributed by atoms with Crippen LogP contribution < -0.4 is 20.7 Å². The number of rotatable bonds is 7. The Hall–Kier alpha value is -3.94. The largest absolute Gasteiger partial charge is 0.496 e. The van der Waals surface area contributed by atoms with E-state index in [1.807, 2.05) is 24.3 Å². The summed E-state index contributed by atoms with van der Waals surface area (Å²) >= 11 is 0. The molecule has 0 atom stereocenters. The molecule has 0 aliphatic rings. The Morgan fingerprint density at radius 2 is 1.59 bits per heavy atom. The number of amides is 2. The van der Waals surface area contributed by atoms with E-state index in [1.165, 1.54) is 6.92 Å². The maximum atomic E-state index is 12.3. The predicted molar refractivity (Wildman–Crippen MR) is 111 cm³/mol. The molecular formula is C21H21N5O3. The Morgan fingerprint density at radius 1 is 0.897 bits per heavy atom. The molecule has 8 heteroatoms. The third-order valence-corrected chi connectivity index (χ3v) is 4.01. The number of para-hydroxylation sites is 1. The van der Waals surface area contributed by atoms with Crippen LogP contribution in [0.1, 0.15) is 23.0 Å². The van der Waals surface area contributed by atoms with Gasteiger partial charge >= 0.3 is 0 Å². The minimum atomic E-state index is -0.374. The molecule has 0 fully saturated rings. The number of nitrogens with one attached hydrogen (secondary N) is 3. The Kier molecular flexibility index (Phi) is 6.36. The number of methoxy groups -OCH3 is 1. The smallest absolute Gasteiger partial charge is 0.276 e. The van der Waals surface area contributed by atoms with Gasteiger partial charge in [0.15, 0.2) is 5.69 Å². The lowest BCUT2D eigenvalue weighted by molar-refractivity contribution is -0.114. The second-order valence-corrected chi connectivity index (χ2v) is 6.18. The quantitative estimate of drug-likeness (QED) is 0.571. The molecule has 148 valence electrons. The van der Waals surface area contributed by atoms with Crippen LogP contribution in [0, 0.1) is 0 Å². The standard InChI is InChI=1S/C21H21N5O3/c1-14(27)23-16-7-9-17(10-8-16)24-21(28)18-11-12-20(26-25-18)22-13-15-5-3-4-6-19(15)29-2/h3-12H,13H2,1-2H3,(H,22,26)(H,23,27)(H,24,28). The maximum absolute atomic E-state index is 12.3. The van der Waals surface area contributed by atoms with Gasteiger partial charge in [-0.25, -0.2) is 0 Å². The van der Waals surface area contributed by atoms with Gasteiger partial charge < -0.3 is 20.7 Å². The molecule has 3 rings (SSSR count). The van der Waals surface area contributed by atoms with Gasteiger partial charge in [0.1, 0.15) is 11.6 Å². The zero-order valence-corrected chi connectivity index (χ0v) is 16.1. The first-order valence-electron chi connectivity index (χ1n) is 8.93. The topological polar surface area (TPSA) is 105 Å². The summed E-state index contributed by atoms with van der Waals surface area (Å²) < 4.78 is 5.32. The first-order valence-corrected chi connectivity index (χ1v) is 8.93. The summed E-state index contributed by atoms with van der Waals surface area (Å²) in [4.78, 5) is 23.4. The van der Waals surface area contributed by atoms with Crippen molar-refractivity contribution in [2.45, 2.75) is 13.5 Å². The van der Waals surface area contributed by atoms with Crippen LogP contribution in [-0.2, 0) is 11.3 Å². The Morgan fingerprint density at radius 3 is 2.21 bits per heavy atom. The van der Waals surface area contributed by atoms with Crippen LogP contribution in [-0.4, -0.2) is 29.1 Å². The minimum absolute atomic E-state index is 0.156. The van der Waals surface area contributed by atoms with Gasteiger partial charge in [-0.3, -0.25) is 9.59 Å². The van der Waals surface area contributed by atoms with Crippen LogP contribution in [0.25, 0.3) is 0 Å². The number of hydrogen-bond donors (Lipinski definition) is 3. The number of hydrogen-bond acceptors (Lipinski definition) is 6. The number of aromatic nitrogens is 2. The number of carbonyl (C=O) groups excluding carboxylic acids is 2. The lowest BCUT2D eigenvalue weighted by atomic mass is 10.2. The van der Waals surface area contributed by atoms with Gasteiger partial charge in [0.2, 0.25) is 5.91 Å². The molecule has 2 aromatic carbocycles. The van der Waals surface area contributed by atoms with Crippen LogP contribution >= 0.6 is 0 Å². The van der Waals surface area contributed by atoms with Gasteiger partial charge in [0.05, 0.1) is 7.11 Å². The molecule has 3 aromatic rings. The van der Waals surface area contributed by atoms with Crippen molar-refractivity contribution in [3.05, 3.63) is 71.9 Å². The zero-order chi connectivity index (χ0) is 20.6. The predicted octanol–water partition coefficient (Wildman–Crippen LogP) is 3.31. The molecule has 29 heavy (non-hydrogen) atoms. The van der Waals surface area contributed by atoms with Crippen LogP contribution in [0.3, 0.4) is 0 Å². The average Bonchev–Trinajstić information content (AvgIpc) is 2.74. The number of benzene rings is 2. The van der Waals surface area contributed by atoms with E-state index in [-0.39, 0.29) is 17.5 Å². The summed E-state index contributed by atoms with van der Waals surface area (Å²) in [7, 11) is 1.62. The molecule has 2 amide bonds. The summed E-state index contributed by atoms with van der Waals surface area (Å²) in [6, 6.07) is 17.8. The highest BCUT2D eigenvalue weighted by Crippen LogP contribution is 2.18. The van der Waals surface area contributed by atoms with E-state index in [0.717, 1.165) is 11.3 Å². The van der Waals surface area contributed by atoms with E-state index in [0.29, 0.717) is 23.7 Å². The minimum Gasteiger partial charge on any atom is -0.496 e. The first kappa shape index (κ1) is 19.8. The van der Waals surface area contributed by atoms with E-state index >= 15 is 0 Å². The molecule has 0 aliphatic carbocycles. The molecule has 0 radical (unpaired) electrons. The molecule has 0 unspecified atom stereocenters. The molecule has 1 aromatic heterocycles. The fourth-order valence-corrected chi connectivity index (χ4v) is 2.62. The molecule has 0 saturated heterocycles. The van der Waals surface area contributed by atoms with Crippen LogP contribution in [0.2, 0.25) is 0 Å². The van der Waals surface area contributed by atoms with Gasteiger partial charge in [0.25, 0.3) is 5.91 Å². The number of anilines is 3. The Labute approximate surface area is 168 Å². The monoisotopic (exact) mass is 391 g/mol. The lowest BCUT2D eigenvalue weighted by Crippen LogP contribution is -2.15. The fraction of sp³-hybridized carbons (Fsp3) is 0.143. The van der Waals surface area contributed by atoms with Crippen molar-refractivity contribution in [3.8, 4) is 5.75 Å². The highest BCUT2D eigenvalue weighted by atomic mass is 16.5. The van der Waals surface area contributed by atoms with E-state index in [2.05, 4.69) is 26.1 Å². The van der Waals surface area contributed by atoms with E-state index < -0.39 is 0 Å². The van der Waals surface area contributed by atoms with Crippen molar-refractivity contribution < 1.29 is 14.3 Å². The maximum Gasteiger partial charge on any atom is 0.276 e. The van der Waals surface area contributed by atoms with E-state index in [4.69, 9.17) is 4.74 Å².